The van der Waals surface area contributed by atoms with Crippen molar-refractivity contribution in [2.75, 3.05) is 25.0 Å². The Hall–Kier alpha value is -1.88. The van der Waals surface area contributed by atoms with Crippen LogP contribution in [0.3, 0.4) is 0 Å². The summed E-state index contributed by atoms with van der Waals surface area (Å²) in [4.78, 5) is 23.6. The van der Waals surface area contributed by atoms with E-state index in [0.29, 0.717) is 12.2 Å². The molecular weight excluding hydrogens is 302 g/mol. The van der Waals surface area contributed by atoms with E-state index in [2.05, 4.69) is 22.9 Å². The van der Waals surface area contributed by atoms with Gasteiger partial charge < -0.3 is 16.0 Å². The highest BCUT2D eigenvalue weighted by Gasteiger charge is 2.14. The maximum atomic E-state index is 11.8. The minimum Gasteiger partial charge on any atom is -0.348 e. The highest BCUT2D eigenvalue weighted by Crippen LogP contribution is 2.16. The number of unbranched alkanes of at least 4 members (excludes halogenated alkanes) is 1. The van der Waals surface area contributed by atoms with Crippen molar-refractivity contribution in [2.24, 2.45) is 5.92 Å². The Bertz CT molecular complexity index is 522. The summed E-state index contributed by atoms with van der Waals surface area (Å²) < 4.78 is 0. The molecular formula is C19H29N3O2. The minimum absolute atomic E-state index is 0.557. The smallest absolute Gasteiger partial charge is 0.313 e. The molecule has 5 nitrogen and oxygen atoms in total. The minimum atomic E-state index is -0.601. The summed E-state index contributed by atoms with van der Waals surface area (Å²) in [5.74, 6) is -0.395. The maximum Gasteiger partial charge on any atom is 0.313 e. The van der Waals surface area contributed by atoms with Crippen LogP contribution in [0, 0.1) is 5.92 Å². The van der Waals surface area contributed by atoms with Gasteiger partial charge in [-0.3, -0.25) is 9.59 Å². The lowest BCUT2D eigenvalue weighted by atomic mass is 9.94. The number of piperidine rings is 1. The number of amides is 2. The Morgan fingerprint density at radius 1 is 1.17 bits per heavy atom. The topological polar surface area (TPSA) is 70.2 Å². The molecule has 132 valence electrons. The average molecular weight is 331 g/mol. The van der Waals surface area contributed by atoms with Crippen molar-refractivity contribution >= 4 is 17.5 Å². The first-order valence-electron chi connectivity index (χ1n) is 9.08. The molecule has 0 aliphatic carbocycles. The quantitative estimate of drug-likeness (QED) is 0.531. The predicted molar refractivity (Wildman–Crippen MR) is 96.9 cm³/mol. The summed E-state index contributed by atoms with van der Waals surface area (Å²) in [6, 6.07) is 7.55. The highest BCUT2D eigenvalue weighted by atomic mass is 16.2. The van der Waals surface area contributed by atoms with E-state index < -0.39 is 11.8 Å². The highest BCUT2D eigenvalue weighted by molar-refractivity contribution is 6.39. The van der Waals surface area contributed by atoms with E-state index in [9.17, 15) is 9.59 Å². The zero-order valence-corrected chi connectivity index (χ0v) is 14.6. The van der Waals surface area contributed by atoms with E-state index in [1.807, 2.05) is 24.3 Å². The summed E-state index contributed by atoms with van der Waals surface area (Å²) in [7, 11) is 0. The van der Waals surface area contributed by atoms with Gasteiger partial charge in [0.1, 0.15) is 0 Å². The van der Waals surface area contributed by atoms with Crippen molar-refractivity contribution in [1.29, 1.82) is 0 Å². The molecule has 1 fully saturated rings. The second-order valence-corrected chi connectivity index (χ2v) is 6.47. The van der Waals surface area contributed by atoms with Crippen LogP contribution in [0.5, 0.6) is 0 Å². The number of hydrogen-bond donors (Lipinski definition) is 3. The second-order valence-electron chi connectivity index (χ2n) is 6.47. The fourth-order valence-corrected chi connectivity index (χ4v) is 3.02. The van der Waals surface area contributed by atoms with Gasteiger partial charge in [0.2, 0.25) is 0 Å². The van der Waals surface area contributed by atoms with Gasteiger partial charge >= 0.3 is 11.8 Å². The maximum absolute atomic E-state index is 11.8. The second kappa shape index (κ2) is 10.1. The van der Waals surface area contributed by atoms with E-state index in [0.717, 1.165) is 38.3 Å². The van der Waals surface area contributed by atoms with Gasteiger partial charge in [0.15, 0.2) is 0 Å². The van der Waals surface area contributed by atoms with Crippen molar-refractivity contribution in [3.8, 4) is 0 Å². The van der Waals surface area contributed by atoms with Crippen molar-refractivity contribution < 1.29 is 9.59 Å². The van der Waals surface area contributed by atoms with Crippen molar-refractivity contribution in [1.82, 2.24) is 10.6 Å². The molecule has 5 heteroatoms. The summed E-state index contributed by atoms with van der Waals surface area (Å²) in [6.45, 7) is 4.89. The number of anilines is 1. The largest absolute Gasteiger partial charge is 0.348 e. The molecule has 3 N–H and O–H groups in total. The first-order valence-corrected chi connectivity index (χ1v) is 9.08. The van der Waals surface area contributed by atoms with Crippen LogP contribution < -0.4 is 16.0 Å². The third kappa shape index (κ3) is 6.32. The molecule has 1 saturated heterocycles. The summed E-state index contributed by atoms with van der Waals surface area (Å²) in [6.07, 6.45) is 6.72. The van der Waals surface area contributed by atoms with Gasteiger partial charge in [-0.15, -0.1) is 0 Å². The van der Waals surface area contributed by atoms with Gasteiger partial charge in [-0.25, -0.2) is 0 Å². The molecule has 1 atom stereocenters. The van der Waals surface area contributed by atoms with Gasteiger partial charge in [0, 0.05) is 12.2 Å². The fraction of sp³-hybridized carbons (Fsp3) is 0.579. The number of benzene rings is 1. The summed E-state index contributed by atoms with van der Waals surface area (Å²) >= 11 is 0. The van der Waals surface area contributed by atoms with Crippen LogP contribution in [0.25, 0.3) is 0 Å². The van der Waals surface area contributed by atoms with Gasteiger partial charge in [-0.1, -0.05) is 25.5 Å². The predicted octanol–water partition coefficient (Wildman–Crippen LogP) is 2.47. The molecule has 2 amide bonds. The molecule has 1 aromatic carbocycles. The van der Waals surface area contributed by atoms with Gasteiger partial charge in [-0.2, -0.15) is 0 Å². The SMILES string of the molecule is CCc1ccc(NC(=O)C(=O)NCCCC[C@H]2CCCNC2)cc1. The van der Waals surface area contributed by atoms with Gasteiger partial charge in [-0.05, 0) is 68.8 Å². The number of hydrogen-bond acceptors (Lipinski definition) is 3. The van der Waals surface area contributed by atoms with Crippen LogP contribution in [0.2, 0.25) is 0 Å². The molecule has 1 aliphatic rings. The summed E-state index contributed by atoms with van der Waals surface area (Å²) in [5, 5.41) is 8.74. The zero-order valence-electron chi connectivity index (χ0n) is 14.6. The van der Waals surface area contributed by atoms with Crippen LogP contribution in [0.15, 0.2) is 24.3 Å². The Morgan fingerprint density at radius 2 is 1.96 bits per heavy atom. The Morgan fingerprint density at radius 3 is 2.62 bits per heavy atom. The number of aryl methyl sites for hydroxylation is 1. The number of nitrogens with one attached hydrogen (secondary N) is 3. The van der Waals surface area contributed by atoms with Crippen molar-refractivity contribution in [3.05, 3.63) is 29.8 Å². The standard InChI is InChI=1S/C19H29N3O2/c1-2-15-8-10-17(11-9-15)22-19(24)18(23)21-13-4-3-6-16-7-5-12-20-14-16/h8-11,16,20H,2-7,12-14H2,1H3,(H,21,23)(H,22,24)/t16-/m0/s1. The van der Waals surface area contributed by atoms with E-state index >= 15 is 0 Å². The van der Waals surface area contributed by atoms with E-state index in [-0.39, 0.29) is 0 Å². The Balaban J connectivity index is 1.59. The third-order valence-electron chi connectivity index (χ3n) is 4.55. The van der Waals surface area contributed by atoms with Crippen molar-refractivity contribution in [3.63, 3.8) is 0 Å². The fourth-order valence-electron chi connectivity index (χ4n) is 3.02. The van der Waals surface area contributed by atoms with E-state index in [1.165, 1.54) is 24.8 Å². The normalized spacial score (nSPS) is 17.3. The molecule has 1 aromatic rings. The monoisotopic (exact) mass is 331 g/mol. The molecule has 0 unspecified atom stereocenters. The van der Waals surface area contributed by atoms with Gasteiger partial charge in [0.25, 0.3) is 0 Å². The molecule has 24 heavy (non-hydrogen) atoms. The average Bonchev–Trinajstić information content (AvgIpc) is 2.62. The molecule has 2 rings (SSSR count). The van der Waals surface area contributed by atoms with Crippen LogP contribution in [0.1, 0.15) is 44.6 Å². The molecule has 0 bridgehead atoms. The van der Waals surface area contributed by atoms with Crippen LogP contribution >= 0.6 is 0 Å². The molecule has 1 aliphatic heterocycles. The van der Waals surface area contributed by atoms with Crippen molar-refractivity contribution in [2.45, 2.75) is 45.4 Å². The Kier molecular flexibility index (Phi) is 7.75. The first-order chi connectivity index (χ1) is 11.7. The van der Waals surface area contributed by atoms with Crippen LogP contribution in [-0.4, -0.2) is 31.4 Å². The van der Waals surface area contributed by atoms with Crippen LogP contribution in [0.4, 0.5) is 5.69 Å². The third-order valence-corrected chi connectivity index (χ3v) is 4.55. The van der Waals surface area contributed by atoms with Gasteiger partial charge in [0.05, 0.1) is 0 Å². The molecule has 0 aromatic heterocycles. The molecule has 0 radical (unpaired) electrons. The summed E-state index contributed by atoms with van der Waals surface area (Å²) in [5.41, 5.74) is 1.85. The van der Waals surface area contributed by atoms with E-state index in [1.54, 1.807) is 0 Å². The van der Waals surface area contributed by atoms with E-state index in [4.69, 9.17) is 0 Å². The molecule has 0 saturated carbocycles. The lowest BCUT2D eigenvalue weighted by Crippen LogP contribution is -2.36. The molecule has 0 spiro atoms. The first kappa shape index (κ1) is 18.5. The number of rotatable bonds is 7. The molecule has 1 heterocycles. The zero-order chi connectivity index (χ0) is 17.2. The lowest BCUT2D eigenvalue weighted by Gasteiger charge is -2.22. The van der Waals surface area contributed by atoms with Crippen LogP contribution in [-0.2, 0) is 16.0 Å². The number of carbonyl (C=O) groups is 2. The lowest BCUT2D eigenvalue weighted by molar-refractivity contribution is -0.136. The Labute approximate surface area is 144 Å². The number of carbonyl (C=O) groups excluding carboxylic acids is 2.